The number of ether oxygens (including phenoxy) is 2. The molecule has 1 fully saturated rings. The number of methoxy groups -OCH3 is 2. The Morgan fingerprint density at radius 2 is 1.72 bits per heavy atom. The zero-order chi connectivity index (χ0) is 22.9. The Kier molecular flexibility index (Phi) is 6.10. The number of nitrogens with zero attached hydrogens (tertiary/aromatic N) is 2. The van der Waals surface area contributed by atoms with Crippen LogP contribution < -0.4 is 14.4 Å². The first kappa shape index (κ1) is 22.1. The second-order valence-corrected chi connectivity index (χ2v) is 9.99. The molecule has 0 saturated carbocycles. The number of rotatable bonds is 5. The first-order valence-electron chi connectivity index (χ1n) is 10.5. The normalized spacial score (nSPS) is 19.9. The number of likely N-dealkylation sites (tertiary alicyclic amines) is 1. The van der Waals surface area contributed by atoms with E-state index in [1.165, 1.54) is 25.2 Å². The molecule has 0 bridgehead atoms. The molecular weight excluding hydrogens is 432 g/mol. The van der Waals surface area contributed by atoms with Crippen LogP contribution in [-0.4, -0.2) is 59.0 Å². The maximum atomic E-state index is 13.7. The summed E-state index contributed by atoms with van der Waals surface area (Å²) in [6.07, 6.45) is 1.60. The van der Waals surface area contributed by atoms with Gasteiger partial charge in [-0.15, -0.1) is 0 Å². The van der Waals surface area contributed by atoms with Crippen LogP contribution in [0.3, 0.4) is 0 Å². The second-order valence-electron chi connectivity index (χ2n) is 7.89. The fraction of sp³-hybridized carbons (Fsp3) is 0.391. The molecular formula is C23H26N2O6S. The lowest BCUT2D eigenvalue weighted by Crippen LogP contribution is -2.42. The molecule has 2 aliphatic heterocycles. The SMILES string of the molecule is COc1ccc(C2CC(=O)N(CC(=O)N3CCCC3)c3ccccc3S2(=O)=O)cc1OC. The monoisotopic (exact) mass is 458 g/mol. The molecule has 2 aromatic rings. The molecule has 0 aliphatic carbocycles. The summed E-state index contributed by atoms with van der Waals surface area (Å²) < 4.78 is 37.9. The summed E-state index contributed by atoms with van der Waals surface area (Å²) in [6.45, 7) is 1.15. The zero-order valence-electron chi connectivity index (χ0n) is 18.1. The number of benzene rings is 2. The Morgan fingerprint density at radius 3 is 2.41 bits per heavy atom. The molecule has 4 rings (SSSR count). The van der Waals surface area contributed by atoms with Gasteiger partial charge in [-0.25, -0.2) is 8.42 Å². The fourth-order valence-electron chi connectivity index (χ4n) is 4.31. The summed E-state index contributed by atoms with van der Waals surface area (Å²) in [4.78, 5) is 29.2. The van der Waals surface area contributed by atoms with E-state index < -0.39 is 21.0 Å². The molecule has 2 heterocycles. The van der Waals surface area contributed by atoms with Gasteiger partial charge in [0.15, 0.2) is 21.3 Å². The first-order valence-corrected chi connectivity index (χ1v) is 12.0. The third-order valence-corrected chi connectivity index (χ3v) is 8.18. The molecule has 2 aliphatic rings. The lowest BCUT2D eigenvalue weighted by Gasteiger charge is -2.24. The van der Waals surface area contributed by atoms with Crippen molar-refractivity contribution in [2.24, 2.45) is 0 Å². The highest BCUT2D eigenvalue weighted by Crippen LogP contribution is 2.42. The van der Waals surface area contributed by atoms with Crippen molar-refractivity contribution >= 4 is 27.3 Å². The summed E-state index contributed by atoms with van der Waals surface area (Å²) in [7, 11) is -0.959. The largest absolute Gasteiger partial charge is 0.493 e. The van der Waals surface area contributed by atoms with Crippen LogP contribution in [0.15, 0.2) is 47.4 Å². The van der Waals surface area contributed by atoms with Crippen molar-refractivity contribution in [1.82, 2.24) is 4.90 Å². The molecule has 1 unspecified atom stereocenters. The second kappa shape index (κ2) is 8.82. The van der Waals surface area contributed by atoms with E-state index in [1.54, 1.807) is 41.3 Å². The van der Waals surface area contributed by atoms with Gasteiger partial charge in [0.05, 0.1) is 30.1 Å². The van der Waals surface area contributed by atoms with Crippen LogP contribution in [-0.2, 0) is 19.4 Å². The average Bonchev–Trinajstić information content (AvgIpc) is 3.33. The highest BCUT2D eigenvalue weighted by molar-refractivity contribution is 7.92. The number of anilines is 1. The van der Waals surface area contributed by atoms with Crippen molar-refractivity contribution in [1.29, 1.82) is 0 Å². The van der Waals surface area contributed by atoms with E-state index in [9.17, 15) is 18.0 Å². The lowest BCUT2D eigenvalue weighted by atomic mass is 10.1. The molecule has 0 spiro atoms. The van der Waals surface area contributed by atoms with Crippen LogP contribution in [0.4, 0.5) is 5.69 Å². The molecule has 8 nitrogen and oxygen atoms in total. The molecule has 170 valence electrons. The zero-order valence-corrected chi connectivity index (χ0v) is 18.9. The van der Waals surface area contributed by atoms with E-state index in [2.05, 4.69) is 0 Å². The molecule has 0 N–H and O–H groups in total. The number of sulfone groups is 1. The van der Waals surface area contributed by atoms with E-state index in [0.29, 0.717) is 30.2 Å². The molecule has 1 atom stereocenters. The van der Waals surface area contributed by atoms with Crippen molar-refractivity contribution in [3.05, 3.63) is 48.0 Å². The van der Waals surface area contributed by atoms with Gasteiger partial charge in [-0.3, -0.25) is 9.59 Å². The third-order valence-electron chi connectivity index (χ3n) is 6.03. The molecule has 2 amide bonds. The van der Waals surface area contributed by atoms with E-state index >= 15 is 0 Å². The minimum atomic E-state index is -3.92. The van der Waals surface area contributed by atoms with E-state index in [1.807, 2.05) is 0 Å². The predicted molar refractivity (Wildman–Crippen MR) is 119 cm³/mol. The molecule has 2 aromatic carbocycles. The van der Waals surface area contributed by atoms with E-state index in [0.717, 1.165) is 12.8 Å². The molecule has 1 saturated heterocycles. The van der Waals surface area contributed by atoms with E-state index in [4.69, 9.17) is 9.47 Å². The van der Waals surface area contributed by atoms with Gasteiger partial charge in [0.2, 0.25) is 11.8 Å². The number of hydrogen-bond acceptors (Lipinski definition) is 6. The summed E-state index contributed by atoms with van der Waals surface area (Å²) in [5, 5.41) is -1.11. The summed E-state index contributed by atoms with van der Waals surface area (Å²) in [5.74, 6) is 0.261. The van der Waals surface area contributed by atoms with Crippen LogP contribution in [0.5, 0.6) is 11.5 Å². The predicted octanol–water partition coefficient (Wildman–Crippen LogP) is 2.58. The van der Waals surface area contributed by atoms with Gasteiger partial charge in [-0.2, -0.15) is 0 Å². The van der Waals surface area contributed by atoms with Gasteiger partial charge >= 0.3 is 0 Å². The van der Waals surface area contributed by atoms with Crippen LogP contribution in [0.1, 0.15) is 30.1 Å². The smallest absolute Gasteiger partial charge is 0.242 e. The third kappa shape index (κ3) is 3.92. The lowest BCUT2D eigenvalue weighted by molar-refractivity contribution is -0.130. The van der Waals surface area contributed by atoms with Crippen LogP contribution in [0, 0.1) is 0 Å². The van der Waals surface area contributed by atoms with Gasteiger partial charge in [0, 0.05) is 19.5 Å². The summed E-state index contributed by atoms with van der Waals surface area (Å²) in [5.41, 5.74) is 0.673. The minimum Gasteiger partial charge on any atom is -0.493 e. The van der Waals surface area contributed by atoms with Crippen LogP contribution >= 0.6 is 0 Å². The Hall–Kier alpha value is -3.07. The van der Waals surface area contributed by atoms with Crippen molar-refractivity contribution in [3.8, 4) is 11.5 Å². The number of carbonyl (C=O) groups excluding carboxylic acids is 2. The van der Waals surface area contributed by atoms with Crippen molar-refractivity contribution in [2.45, 2.75) is 29.4 Å². The Bertz CT molecular complexity index is 1140. The summed E-state index contributed by atoms with van der Waals surface area (Å²) >= 11 is 0. The molecule has 32 heavy (non-hydrogen) atoms. The highest BCUT2D eigenvalue weighted by atomic mass is 32.2. The van der Waals surface area contributed by atoms with Gasteiger partial charge < -0.3 is 19.3 Å². The van der Waals surface area contributed by atoms with Gasteiger partial charge in [-0.05, 0) is 42.7 Å². The van der Waals surface area contributed by atoms with Gasteiger partial charge in [0.25, 0.3) is 0 Å². The van der Waals surface area contributed by atoms with Crippen LogP contribution in [0.25, 0.3) is 0 Å². The molecule has 0 aromatic heterocycles. The van der Waals surface area contributed by atoms with Crippen molar-refractivity contribution < 1.29 is 27.5 Å². The topological polar surface area (TPSA) is 93.2 Å². The average molecular weight is 459 g/mol. The number of para-hydroxylation sites is 1. The number of carbonyl (C=O) groups is 2. The van der Waals surface area contributed by atoms with Gasteiger partial charge in [-0.1, -0.05) is 18.2 Å². The quantitative estimate of drug-likeness (QED) is 0.684. The van der Waals surface area contributed by atoms with Gasteiger partial charge in [0.1, 0.15) is 6.54 Å². The van der Waals surface area contributed by atoms with Crippen molar-refractivity contribution in [3.63, 3.8) is 0 Å². The van der Waals surface area contributed by atoms with E-state index in [-0.39, 0.29) is 29.5 Å². The number of hydrogen-bond donors (Lipinski definition) is 0. The van der Waals surface area contributed by atoms with Crippen LogP contribution in [0.2, 0.25) is 0 Å². The Labute approximate surface area is 187 Å². The fourth-order valence-corrected chi connectivity index (χ4v) is 6.22. The maximum Gasteiger partial charge on any atom is 0.242 e. The minimum absolute atomic E-state index is 0.0415. The first-order chi connectivity index (χ1) is 15.4. The Balaban J connectivity index is 1.76. The summed E-state index contributed by atoms with van der Waals surface area (Å²) in [6, 6.07) is 11.2. The number of amides is 2. The highest BCUT2D eigenvalue weighted by Gasteiger charge is 2.40. The maximum absolute atomic E-state index is 13.7. The molecule has 0 radical (unpaired) electrons. The Morgan fingerprint density at radius 1 is 1.03 bits per heavy atom. The molecule has 9 heteroatoms. The standard InChI is InChI=1S/C23H26N2O6S/c1-30-18-10-9-16(13-19(18)31-2)21-14-22(26)25(15-23(27)24-11-5-6-12-24)17-7-3-4-8-20(17)32(21,28)29/h3-4,7-10,13,21H,5-6,11-12,14-15H2,1-2H3. The van der Waals surface area contributed by atoms with Crippen molar-refractivity contribution in [2.75, 3.05) is 38.8 Å². The number of fused-ring (bicyclic) bond motifs is 1.